The smallest absolute Gasteiger partial charge is 0.247 e. The van der Waals surface area contributed by atoms with Gasteiger partial charge in [0.25, 0.3) is 0 Å². The molecule has 2 amide bonds. The molecule has 3 rings (SSSR count). The van der Waals surface area contributed by atoms with Gasteiger partial charge in [0.2, 0.25) is 11.8 Å². The molecular weight excluding hydrogens is 328 g/mol. The number of aliphatic hydroxyl groups excluding tert-OH is 1. The molecule has 2 N–H and O–H groups in total. The Labute approximate surface area is 153 Å². The molecule has 136 valence electrons. The van der Waals surface area contributed by atoms with Crippen LogP contribution in [-0.4, -0.2) is 41.5 Å². The van der Waals surface area contributed by atoms with E-state index in [0.717, 1.165) is 24.0 Å². The van der Waals surface area contributed by atoms with E-state index >= 15 is 0 Å². The lowest BCUT2D eigenvalue weighted by molar-refractivity contribution is -0.137. The molecular formula is C21H24N2O3. The highest BCUT2D eigenvalue weighted by Gasteiger charge is 2.51. The van der Waals surface area contributed by atoms with Gasteiger partial charge in [0.15, 0.2) is 0 Å². The van der Waals surface area contributed by atoms with Crippen molar-refractivity contribution in [2.24, 2.45) is 0 Å². The van der Waals surface area contributed by atoms with Crippen molar-refractivity contribution in [3.05, 3.63) is 71.8 Å². The van der Waals surface area contributed by atoms with Crippen molar-refractivity contribution in [3.8, 4) is 0 Å². The maximum Gasteiger partial charge on any atom is 0.247 e. The monoisotopic (exact) mass is 352 g/mol. The molecule has 1 fully saturated rings. The van der Waals surface area contributed by atoms with Gasteiger partial charge in [0, 0.05) is 13.6 Å². The molecule has 2 aromatic rings. The summed E-state index contributed by atoms with van der Waals surface area (Å²) in [7, 11) is 1.67. The Bertz CT molecular complexity index is 757. The summed E-state index contributed by atoms with van der Waals surface area (Å²) >= 11 is 0. The standard InChI is InChI=1S/C21H24N2O3/c1-23(14-16-8-4-2-5-9-16)19(25)18(15-24)22-20(26)21(12-13-21)17-10-6-3-7-11-17/h2-11,18,24H,12-15H2,1H3,(H,22,26). The Morgan fingerprint density at radius 1 is 1.08 bits per heavy atom. The fourth-order valence-electron chi connectivity index (χ4n) is 3.21. The fraction of sp³-hybridized carbons (Fsp3) is 0.333. The van der Waals surface area contributed by atoms with Crippen LogP contribution >= 0.6 is 0 Å². The number of benzene rings is 2. The number of nitrogens with zero attached hydrogens (tertiary/aromatic N) is 1. The molecule has 0 radical (unpaired) electrons. The van der Waals surface area contributed by atoms with Crippen LogP contribution in [-0.2, 0) is 21.5 Å². The van der Waals surface area contributed by atoms with Gasteiger partial charge in [-0.2, -0.15) is 0 Å². The van der Waals surface area contributed by atoms with E-state index in [2.05, 4.69) is 5.32 Å². The Hall–Kier alpha value is -2.66. The first kappa shape index (κ1) is 18.1. The molecule has 1 atom stereocenters. The zero-order valence-electron chi connectivity index (χ0n) is 14.9. The third kappa shape index (κ3) is 3.78. The second-order valence-electron chi connectivity index (χ2n) is 6.84. The van der Waals surface area contributed by atoms with Crippen LogP contribution in [0.3, 0.4) is 0 Å². The molecule has 26 heavy (non-hydrogen) atoms. The summed E-state index contributed by atoms with van der Waals surface area (Å²) in [5.41, 5.74) is 1.39. The maximum atomic E-state index is 12.8. The Balaban J connectivity index is 1.65. The number of amides is 2. The highest BCUT2D eigenvalue weighted by molar-refractivity contribution is 5.95. The number of hydrogen-bond donors (Lipinski definition) is 2. The van der Waals surface area contributed by atoms with E-state index in [9.17, 15) is 14.7 Å². The van der Waals surface area contributed by atoms with E-state index in [1.807, 2.05) is 60.7 Å². The van der Waals surface area contributed by atoms with E-state index in [-0.39, 0.29) is 11.8 Å². The molecule has 0 bridgehead atoms. The minimum Gasteiger partial charge on any atom is -0.394 e. The molecule has 0 saturated heterocycles. The summed E-state index contributed by atoms with van der Waals surface area (Å²) in [6, 6.07) is 18.3. The van der Waals surface area contributed by atoms with Crippen LogP contribution < -0.4 is 5.32 Å². The SMILES string of the molecule is CN(Cc1ccccc1)C(=O)C(CO)NC(=O)C1(c2ccccc2)CC1. The average molecular weight is 352 g/mol. The lowest BCUT2D eigenvalue weighted by Crippen LogP contribution is -2.51. The van der Waals surface area contributed by atoms with E-state index < -0.39 is 18.1 Å². The predicted octanol–water partition coefficient (Wildman–Crippen LogP) is 1.85. The molecule has 0 aliphatic heterocycles. The minimum atomic E-state index is -0.933. The Kier molecular flexibility index (Phi) is 5.38. The van der Waals surface area contributed by atoms with Crippen molar-refractivity contribution < 1.29 is 14.7 Å². The van der Waals surface area contributed by atoms with E-state index in [1.54, 1.807) is 7.05 Å². The first-order valence-corrected chi connectivity index (χ1v) is 8.83. The molecule has 2 aromatic carbocycles. The summed E-state index contributed by atoms with van der Waals surface area (Å²) in [5, 5.41) is 12.4. The number of carbonyl (C=O) groups is 2. The summed E-state index contributed by atoms with van der Waals surface area (Å²) in [6.45, 7) is 0.00441. The van der Waals surface area contributed by atoms with Gasteiger partial charge in [-0.15, -0.1) is 0 Å². The van der Waals surface area contributed by atoms with Crippen molar-refractivity contribution in [2.75, 3.05) is 13.7 Å². The molecule has 0 aromatic heterocycles. The quantitative estimate of drug-likeness (QED) is 0.799. The Morgan fingerprint density at radius 3 is 2.19 bits per heavy atom. The van der Waals surface area contributed by atoms with Crippen LogP contribution in [0, 0.1) is 0 Å². The van der Waals surface area contributed by atoms with Crippen LogP contribution in [0.4, 0.5) is 0 Å². The summed E-state index contributed by atoms with van der Waals surface area (Å²) in [6.07, 6.45) is 1.52. The lowest BCUT2D eigenvalue weighted by Gasteiger charge is -2.25. The third-order valence-corrected chi connectivity index (χ3v) is 4.94. The maximum absolute atomic E-state index is 12.8. The highest BCUT2D eigenvalue weighted by Crippen LogP contribution is 2.48. The van der Waals surface area contributed by atoms with Crippen LogP contribution in [0.25, 0.3) is 0 Å². The number of hydrogen-bond acceptors (Lipinski definition) is 3. The van der Waals surface area contributed by atoms with Gasteiger partial charge in [-0.25, -0.2) is 0 Å². The molecule has 0 heterocycles. The molecule has 5 nitrogen and oxygen atoms in total. The molecule has 1 aliphatic carbocycles. The van der Waals surface area contributed by atoms with Gasteiger partial charge in [0.1, 0.15) is 6.04 Å². The van der Waals surface area contributed by atoms with Crippen molar-refractivity contribution in [1.82, 2.24) is 10.2 Å². The summed E-state index contributed by atoms with van der Waals surface area (Å²) < 4.78 is 0. The van der Waals surface area contributed by atoms with E-state index in [4.69, 9.17) is 0 Å². The predicted molar refractivity (Wildman–Crippen MR) is 99.3 cm³/mol. The molecule has 0 spiro atoms. The second kappa shape index (κ2) is 7.70. The largest absolute Gasteiger partial charge is 0.394 e. The van der Waals surface area contributed by atoms with Crippen molar-refractivity contribution in [2.45, 2.75) is 30.8 Å². The van der Waals surface area contributed by atoms with Gasteiger partial charge >= 0.3 is 0 Å². The lowest BCUT2D eigenvalue weighted by atomic mass is 9.94. The Morgan fingerprint density at radius 2 is 1.65 bits per heavy atom. The number of rotatable bonds is 7. The first-order valence-electron chi connectivity index (χ1n) is 8.83. The van der Waals surface area contributed by atoms with Crippen LogP contribution in [0.2, 0.25) is 0 Å². The molecule has 1 saturated carbocycles. The number of carbonyl (C=O) groups excluding carboxylic acids is 2. The van der Waals surface area contributed by atoms with Crippen molar-refractivity contribution in [3.63, 3.8) is 0 Å². The molecule has 1 unspecified atom stereocenters. The van der Waals surface area contributed by atoms with E-state index in [1.165, 1.54) is 4.90 Å². The van der Waals surface area contributed by atoms with Crippen LogP contribution in [0.1, 0.15) is 24.0 Å². The zero-order chi connectivity index (χ0) is 18.6. The van der Waals surface area contributed by atoms with Crippen LogP contribution in [0.5, 0.6) is 0 Å². The summed E-state index contributed by atoms with van der Waals surface area (Å²) in [4.78, 5) is 27.0. The second-order valence-corrected chi connectivity index (χ2v) is 6.84. The van der Waals surface area contributed by atoms with Crippen molar-refractivity contribution >= 4 is 11.8 Å². The summed E-state index contributed by atoms with van der Waals surface area (Å²) in [5.74, 6) is -0.488. The fourth-order valence-corrected chi connectivity index (χ4v) is 3.21. The molecule has 1 aliphatic rings. The minimum absolute atomic E-state index is 0.191. The number of aliphatic hydroxyl groups is 1. The topological polar surface area (TPSA) is 69.6 Å². The van der Waals surface area contributed by atoms with Crippen molar-refractivity contribution in [1.29, 1.82) is 0 Å². The third-order valence-electron chi connectivity index (χ3n) is 4.94. The molecule has 5 heteroatoms. The number of likely N-dealkylation sites (N-methyl/N-ethyl adjacent to an activating group) is 1. The average Bonchev–Trinajstić information content (AvgIpc) is 3.49. The van der Waals surface area contributed by atoms with E-state index in [0.29, 0.717) is 6.54 Å². The van der Waals surface area contributed by atoms with Gasteiger partial charge in [-0.3, -0.25) is 9.59 Å². The zero-order valence-corrected chi connectivity index (χ0v) is 14.9. The van der Waals surface area contributed by atoms with Gasteiger partial charge in [0.05, 0.1) is 12.0 Å². The van der Waals surface area contributed by atoms with Crippen LogP contribution in [0.15, 0.2) is 60.7 Å². The van der Waals surface area contributed by atoms with Gasteiger partial charge in [-0.1, -0.05) is 60.7 Å². The number of nitrogens with one attached hydrogen (secondary N) is 1. The van der Waals surface area contributed by atoms with Gasteiger partial charge in [-0.05, 0) is 24.0 Å². The highest BCUT2D eigenvalue weighted by atomic mass is 16.3. The normalized spacial score (nSPS) is 15.8. The first-order chi connectivity index (χ1) is 12.6. The van der Waals surface area contributed by atoms with Gasteiger partial charge < -0.3 is 15.3 Å².